The highest BCUT2D eigenvalue weighted by Gasteiger charge is 2.52. The predicted molar refractivity (Wildman–Crippen MR) is 106 cm³/mol. The summed E-state index contributed by atoms with van der Waals surface area (Å²) in [5.74, 6) is -0.521. The first-order chi connectivity index (χ1) is 14.8. The Morgan fingerprint density at radius 2 is 1.97 bits per heavy atom. The van der Waals surface area contributed by atoms with Crippen LogP contribution in [0, 0.1) is 0 Å². The van der Waals surface area contributed by atoms with Crippen LogP contribution >= 0.6 is 0 Å². The molecule has 1 aromatic heterocycles. The highest BCUT2D eigenvalue weighted by Crippen LogP contribution is 2.44. The van der Waals surface area contributed by atoms with Crippen LogP contribution in [0.2, 0.25) is 0 Å². The Morgan fingerprint density at radius 3 is 2.52 bits per heavy atom. The van der Waals surface area contributed by atoms with Crippen molar-refractivity contribution < 1.29 is 29.0 Å². The van der Waals surface area contributed by atoms with Crippen molar-refractivity contribution in [3.05, 3.63) is 22.4 Å². The lowest BCUT2D eigenvalue weighted by Crippen LogP contribution is -2.62. The molecule has 2 bridgehead atoms. The van der Waals surface area contributed by atoms with Gasteiger partial charge in [-0.15, -0.1) is 0 Å². The van der Waals surface area contributed by atoms with E-state index < -0.39 is 11.3 Å². The third-order valence-electron chi connectivity index (χ3n) is 5.99. The maximum Gasteiger partial charge on any atom is 0.323 e. The highest BCUT2D eigenvalue weighted by molar-refractivity contribution is 5.92. The van der Waals surface area contributed by atoms with Crippen molar-refractivity contribution in [3.8, 4) is 0 Å². The van der Waals surface area contributed by atoms with Crippen LogP contribution < -0.4 is 11.0 Å². The maximum absolute atomic E-state index is 12.9. The number of carboxylic acid groups (broad SMARTS) is 1. The Morgan fingerprint density at radius 1 is 1.32 bits per heavy atom. The van der Waals surface area contributed by atoms with Crippen molar-refractivity contribution in [3.63, 3.8) is 0 Å². The monoisotopic (exact) mass is 437 g/mol. The topological polar surface area (TPSA) is 165 Å². The number of nitrogens with one attached hydrogen (secondary N) is 3. The number of aromatic amines is 2. The second kappa shape index (κ2) is 9.33. The summed E-state index contributed by atoms with van der Waals surface area (Å²) in [4.78, 5) is 64.7. The van der Waals surface area contributed by atoms with Gasteiger partial charge in [-0.3, -0.25) is 19.2 Å². The fourth-order valence-electron chi connectivity index (χ4n) is 4.84. The first-order valence-corrected chi connectivity index (χ1v) is 10.1. The second-order valence-corrected chi connectivity index (χ2v) is 8.02. The molecule has 0 aliphatic carbocycles. The summed E-state index contributed by atoms with van der Waals surface area (Å²) >= 11 is 0. The van der Waals surface area contributed by atoms with Gasteiger partial charge in [-0.05, 0) is 25.7 Å². The number of carbonyl (C=O) groups is 4. The number of hydrogen-bond donors (Lipinski definition) is 4. The molecule has 1 unspecified atom stereocenters. The Hall–Kier alpha value is -3.15. The van der Waals surface area contributed by atoms with Crippen molar-refractivity contribution >= 4 is 24.2 Å². The summed E-state index contributed by atoms with van der Waals surface area (Å²) in [6.07, 6.45) is 4.50. The molecular weight excluding hydrogens is 410 g/mol. The molecule has 0 saturated carbocycles. The number of hydrogen-bond acceptors (Lipinski definition) is 6. The van der Waals surface area contributed by atoms with E-state index in [9.17, 15) is 19.2 Å². The van der Waals surface area contributed by atoms with Crippen LogP contribution in [0.4, 0.5) is 0 Å². The van der Waals surface area contributed by atoms with E-state index in [2.05, 4.69) is 15.3 Å². The predicted octanol–water partition coefficient (Wildman–Crippen LogP) is -1.10. The lowest BCUT2D eigenvalue weighted by Gasteiger charge is -2.50. The van der Waals surface area contributed by atoms with Crippen LogP contribution in [-0.4, -0.2) is 93.0 Å². The molecular formula is C19H27N5O7. The average Bonchev–Trinajstić information content (AvgIpc) is 3.28. The van der Waals surface area contributed by atoms with Gasteiger partial charge < -0.3 is 34.9 Å². The molecule has 3 saturated heterocycles. The van der Waals surface area contributed by atoms with E-state index in [-0.39, 0.29) is 48.5 Å². The van der Waals surface area contributed by atoms with E-state index in [0.717, 1.165) is 12.8 Å². The van der Waals surface area contributed by atoms with Crippen LogP contribution in [0.15, 0.2) is 11.0 Å². The maximum atomic E-state index is 12.9. The number of carbonyl (C=O) groups excluding carboxylic acids is 3. The largest absolute Gasteiger partial charge is 0.483 e. The van der Waals surface area contributed by atoms with Gasteiger partial charge in [-0.1, -0.05) is 0 Å². The lowest BCUT2D eigenvalue weighted by molar-refractivity contribution is -0.163. The van der Waals surface area contributed by atoms with Crippen LogP contribution in [0.5, 0.6) is 0 Å². The van der Waals surface area contributed by atoms with Crippen LogP contribution in [0.1, 0.15) is 43.1 Å². The molecule has 1 spiro atoms. The Balaban J connectivity index is 0.000000858. The smallest absolute Gasteiger partial charge is 0.323 e. The van der Waals surface area contributed by atoms with E-state index in [1.165, 1.54) is 13.1 Å². The number of fused-ring (bicyclic) bond motifs is 2. The van der Waals surface area contributed by atoms with Gasteiger partial charge >= 0.3 is 5.69 Å². The highest BCUT2D eigenvalue weighted by atomic mass is 16.5. The molecule has 1 aromatic rings. The molecule has 4 rings (SSSR count). The van der Waals surface area contributed by atoms with Gasteiger partial charge in [0, 0.05) is 38.3 Å². The average molecular weight is 437 g/mol. The molecule has 3 aliphatic rings. The Bertz CT molecular complexity index is 880. The third-order valence-corrected chi connectivity index (χ3v) is 5.99. The van der Waals surface area contributed by atoms with Crippen LogP contribution in [0.25, 0.3) is 0 Å². The lowest BCUT2D eigenvalue weighted by atomic mass is 9.84. The number of imidazole rings is 1. The molecule has 12 heteroatoms. The summed E-state index contributed by atoms with van der Waals surface area (Å²) in [6.45, 7) is 2.55. The number of piperidine rings is 1. The number of morpholine rings is 1. The van der Waals surface area contributed by atoms with Crippen LogP contribution in [-0.2, 0) is 19.1 Å². The molecule has 0 radical (unpaired) electrons. The number of aromatic nitrogens is 2. The molecule has 0 aromatic carbocycles. The zero-order chi connectivity index (χ0) is 22.6. The van der Waals surface area contributed by atoms with Crippen molar-refractivity contribution in [1.82, 2.24) is 25.1 Å². The number of rotatable bonds is 3. The van der Waals surface area contributed by atoms with Gasteiger partial charge in [0.05, 0.1) is 18.8 Å². The normalized spacial score (nSPS) is 26.7. The van der Waals surface area contributed by atoms with E-state index in [1.54, 1.807) is 4.90 Å². The first-order valence-electron chi connectivity index (χ1n) is 10.1. The minimum Gasteiger partial charge on any atom is -0.483 e. The van der Waals surface area contributed by atoms with Crippen molar-refractivity contribution in [2.45, 2.75) is 50.3 Å². The molecule has 3 atom stereocenters. The third kappa shape index (κ3) is 4.95. The fraction of sp³-hybridized carbons (Fsp3) is 0.632. The number of ether oxygens (including phenoxy) is 1. The summed E-state index contributed by atoms with van der Waals surface area (Å²) in [5, 5.41) is 9.44. The molecule has 4 N–H and O–H groups in total. The number of nitrogens with zero attached hydrogens (tertiary/aromatic N) is 2. The van der Waals surface area contributed by atoms with Gasteiger partial charge in [-0.2, -0.15) is 0 Å². The van der Waals surface area contributed by atoms with Gasteiger partial charge in [0.25, 0.3) is 12.4 Å². The van der Waals surface area contributed by atoms with Crippen molar-refractivity contribution in [2.75, 3.05) is 26.2 Å². The summed E-state index contributed by atoms with van der Waals surface area (Å²) in [6, 6.07) is 0.0464. The summed E-state index contributed by atoms with van der Waals surface area (Å²) in [7, 11) is 0. The SMILES string of the molecule is CC(=O)NCC(=O)N1CCOC2(C[C@H]3CC[C@@H](C2)N3C(=O)c2c[nH]c(=O)[nH]2)C1.O=CO. The van der Waals surface area contributed by atoms with Gasteiger partial charge in [-0.25, -0.2) is 4.79 Å². The fourth-order valence-corrected chi connectivity index (χ4v) is 4.84. The van der Waals surface area contributed by atoms with Crippen molar-refractivity contribution in [1.29, 1.82) is 0 Å². The number of H-pyrrole nitrogens is 2. The van der Waals surface area contributed by atoms with Gasteiger partial charge in [0.1, 0.15) is 5.69 Å². The minimum atomic E-state index is -0.460. The van der Waals surface area contributed by atoms with Gasteiger partial charge in [0.15, 0.2) is 0 Å². The zero-order valence-corrected chi connectivity index (χ0v) is 17.3. The minimum absolute atomic E-state index is 0.0102. The Kier molecular flexibility index (Phi) is 6.78. The van der Waals surface area contributed by atoms with E-state index >= 15 is 0 Å². The standard InChI is InChI=1S/C18H25N5O5.CH2O2/c1-11(24)19-9-15(25)22-4-5-28-18(10-22)6-12-2-3-13(7-18)23(12)16(26)14-8-20-17(27)21-14;2-1-3/h8,12-13H,2-7,9-10H2,1H3,(H,19,24)(H2,20,21,27);1H,(H,2,3)/t12-,13+,18?;. The zero-order valence-electron chi connectivity index (χ0n) is 17.3. The molecule has 3 amide bonds. The first kappa shape index (κ1) is 22.5. The molecule has 3 aliphatic heterocycles. The quantitative estimate of drug-likeness (QED) is 0.436. The summed E-state index contributed by atoms with van der Waals surface area (Å²) < 4.78 is 6.15. The second-order valence-electron chi connectivity index (χ2n) is 8.02. The van der Waals surface area contributed by atoms with E-state index in [1.807, 2.05) is 4.90 Å². The van der Waals surface area contributed by atoms with Crippen LogP contribution in [0.3, 0.4) is 0 Å². The van der Waals surface area contributed by atoms with Gasteiger partial charge in [0.2, 0.25) is 11.8 Å². The molecule has 3 fully saturated rings. The van der Waals surface area contributed by atoms with Crippen molar-refractivity contribution in [2.24, 2.45) is 0 Å². The van der Waals surface area contributed by atoms with E-state index in [4.69, 9.17) is 14.6 Å². The number of amides is 3. The van der Waals surface area contributed by atoms with E-state index in [0.29, 0.717) is 32.5 Å². The molecule has 31 heavy (non-hydrogen) atoms. The molecule has 170 valence electrons. The molecule has 12 nitrogen and oxygen atoms in total. The molecule has 4 heterocycles. The Labute approximate surface area is 177 Å². The summed E-state index contributed by atoms with van der Waals surface area (Å²) in [5.41, 5.74) is -0.583.